The Morgan fingerprint density at radius 1 is 0.833 bits per heavy atom. The Kier molecular flexibility index (Phi) is 11.3. The summed E-state index contributed by atoms with van der Waals surface area (Å²) in [7, 11) is 0. The second-order valence-corrected chi connectivity index (χ2v) is 18.0. The Balaban J connectivity index is 1.38. The minimum absolute atomic E-state index is 0.0574. The number of carbonyl (C=O) groups excluding carboxylic acids is 3. The molecule has 0 saturated carbocycles. The van der Waals surface area contributed by atoms with E-state index in [1.54, 1.807) is 44.7 Å². The largest absolute Gasteiger partial charge is 0.478 e. The fraction of sp³-hybridized carbons (Fsp3) is 0.545. The second-order valence-electron chi connectivity index (χ2n) is 18.0. The van der Waals surface area contributed by atoms with Gasteiger partial charge >= 0.3 is 12.1 Å². The molecule has 5 rings (SSSR count). The summed E-state index contributed by atoms with van der Waals surface area (Å²) < 4.78 is 11.7. The fourth-order valence-corrected chi connectivity index (χ4v) is 8.79. The lowest BCUT2D eigenvalue weighted by Gasteiger charge is -2.52. The summed E-state index contributed by atoms with van der Waals surface area (Å²) in [5, 5.41) is 12.2. The molecule has 0 radical (unpaired) electrons. The minimum atomic E-state index is -0.979. The van der Waals surface area contributed by atoms with Crippen LogP contribution in [0, 0.1) is 10.8 Å². The maximum atomic E-state index is 15.0. The summed E-state index contributed by atoms with van der Waals surface area (Å²) in [6, 6.07) is 16.0. The van der Waals surface area contributed by atoms with Crippen molar-refractivity contribution in [1.29, 1.82) is 0 Å². The first-order valence-electron chi connectivity index (χ1n) is 19.1. The number of alkyl carbamates (subject to hydrolysis) is 1. The third kappa shape index (κ3) is 8.59. The van der Waals surface area contributed by atoms with Gasteiger partial charge in [0.05, 0.1) is 22.7 Å². The third-order valence-corrected chi connectivity index (χ3v) is 11.2. The summed E-state index contributed by atoms with van der Waals surface area (Å²) in [5.41, 5.74) is 1.88. The van der Waals surface area contributed by atoms with Crippen LogP contribution in [0.4, 0.5) is 4.79 Å². The number of fused-ring (bicyclic) bond motifs is 1. The molecule has 3 atom stereocenters. The highest BCUT2D eigenvalue weighted by Gasteiger charge is 2.51. The zero-order chi connectivity index (χ0) is 39.9. The number of amides is 3. The normalized spacial score (nSPS) is 22.2. The third-order valence-electron chi connectivity index (χ3n) is 11.2. The first-order chi connectivity index (χ1) is 25.1. The van der Waals surface area contributed by atoms with Crippen LogP contribution >= 0.6 is 0 Å². The van der Waals surface area contributed by atoms with Crippen LogP contribution in [0.15, 0.2) is 72.3 Å². The number of benzene rings is 2. The van der Waals surface area contributed by atoms with Crippen molar-refractivity contribution >= 4 is 29.5 Å². The maximum Gasteiger partial charge on any atom is 0.408 e. The van der Waals surface area contributed by atoms with Gasteiger partial charge in [-0.2, -0.15) is 0 Å². The molecular formula is C44H59N3O7. The molecule has 3 aliphatic rings. The van der Waals surface area contributed by atoms with E-state index in [-0.39, 0.29) is 28.2 Å². The Morgan fingerprint density at radius 3 is 2.00 bits per heavy atom. The zero-order valence-electron chi connectivity index (χ0n) is 33.7. The van der Waals surface area contributed by atoms with Gasteiger partial charge in [0.15, 0.2) is 0 Å². The molecule has 0 aromatic heterocycles. The molecule has 0 bridgehead atoms. The lowest BCUT2D eigenvalue weighted by atomic mass is 9.58. The van der Waals surface area contributed by atoms with E-state index in [0.29, 0.717) is 39.0 Å². The van der Waals surface area contributed by atoms with Gasteiger partial charge in [0.2, 0.25) is 11.8 Å². The highest BCUT2D eigenvalue weighted by Crippen LogP contribution is 2.55. The number of rotatable bonds is 8. The Bertz CT molecular complexity index is 1790. The molecule has 1 fully saturated rings. The maximum absolute atomic E-state index is 15.0. The van der Waals surface area contributed by atoms with Gasteiger partial charge in [-0.05, 0) is 96.6 Å². The van der Waals surface area contributed by atoms with Crippen molar-refractivity contribution < 1.29 is 33.8 Å². The number of likely N-dealkylation sites (tertiary alicyclic amines) is 1. The van der Waals surface area contributed by atoms with Crippen molar-refractivity contribution in [3.63, 3.8) is 0 Å². The molecule has 2 N–H and O–H groups in total. The number of hydrogen-bond donors (Lipinski definition) is 2. The molecule has 54 heavy (non-hydrogen) atoms. The number of ether oxygens (including phenoxy) is 2. The first-order valence-corrected chi connectivity index (χ1v) is 19.1. The summed E-state index contributed by atoms with van der Waals surface area (Å²) in [6.45, 7) is 21.2. The van der Waals surface area contributed by atoms with Crippen LogP contribution in [0.25, 0.3) is 5.57 Å². The van der Waals surface area contributed by atoms with Gasteiger partial charge in [0, 0.05) is 37.0 Å². The van der Waals surface area contributed by atoms with Crippen molar-refractivity contribution in [3.8, 4) is 0 Å². The number of carboxylic acid groups (broad SMARTS) is 1. The van der Waals surface area contributed by atoms with E-state index in [2.05, 4.69) is 38.2 Å². The van der Waals surface area contributed by atoms with Crippen LogP contribution in [0.1, 0.15) is 110 Å². The molecule has 292 valence electrons. The van der Waals surface area contributed by atoms with Crippen LogP contribution in [-0.4, -0.2) is 88.3 Å². The summed E-state index contributed by atoms with van der Waals surface area (Å²) in [5.74, 6) is -1.16. The lowest BCUT2D eigenvalue weighted by Crippen LogP contribution is -2.60. The quantitative estimate of drug-likeness (QED) is 0.267. The number of nitrogens with zero attached hydrogens (tertiary/aromatic N) is 2. The van der Waals surface area contributed by atoms with E-state index >= 15 is 4.79 Å². The predicted octanol–water partition coefficient (Wildman–Crippen LogP) is 7.63. The molecule has 0 unspecified atom stereocenters. The SMILES string of the molecule is C[C@@H](OC(C)(C)C)[C@H](NC(=O)OC(C)(C)C)C(=O)N1CCC(C(=O)N2CC=C3C(C)(C)C(c4ccc(C(=O)O)cc4)=CC[C@]3(C)C2)(c2ccccc2)CC1. The Morgan fingerprint density at radius 2 is 1.44 bits per heavy atom. The number of piperidine rings is 1. The average Bonchev–Trinajstić information content (AvgIpc) is 3.08. The van der Waals surface area contributed by atoms with Gasteiger partial charge in [0.1, 0.15) is 11.6 Å². The average molecular weight is 742 g/mol. The van der Waals surface area contributed by atoms with Crippen LogP contribution in [0.2, 0.25) is 0 Å². The van der Waals surface area contributed by atoms with E-state index in [0.717, 1.165) is 23.1 Å². The molecule has 1 saturated heterocycles. The Hall–Kier alpha value is -4.44. The highest BCUT2D eigenvalue weighted by molar-refractivity contribution is 5.91. The number of aromatic carboxylic acids is 1. The molecule has 0 spiro atoms. The van der Waals surface area contributed by atoms with Gasteiger partial charge in [-0.1, -0.05) is 81.0 Å². The van der Waals surface area contributed by atoms with Crippen molar-refractivity contribution in [1.82, 2.24) is 15.1 Å². The monoisotopic (exact) mass is 741 g/mol. The van der Waals surface area contributed by atoms with E-state index in [9.17, 15) is 19.5 Å². The van der Waals surface area contributed by atoms with Crippen molar-refractivity contribution in [2.75, 3.05) is 26.2 Å². The first kappa shape index (κ1) is 40.7. The van der Waals surface area contributed by atoms with Gasteiger partial charge in [-0.25, -0.2) is 9.59 Å². The second kappa shape index (κ2) is 15.0. The van der Waals surface area contributed by atoms with Crippen LogP contribution in [0.5, 0.6) is 0 Å². The topological polar surface area (TPSA) is 125 Å². The van der Waals surface area contributed by atoms with Crippen LogP contribution in [0.3, 0.4) is 0 Å². The van der Waals surface area contributed by atoms with Crippen LogP contribution in [-0.2, 0) is 24.5 Å². The van der Waals surface area contributed by atoms with Crippen molar-refractivity contribution in [2.45, 2.75) is 117 Å². The number of allylic oxidation sites excluding steroid dienone is 2. The van der Waals surface area contributed by atoms with Crippen LogP contribution < -0.4 is 5.32 Å². The molecule has 2 heterocycles. The summed E-state index contributed by atoms with van der Waals surface area (Å²) in [4.78, 5) is 57.4. The standard InChI is InChI=1S/C44H59N3O7/c1-29(53-40(2,3)4)35(45-39(52)54-41(5,6)7)36(48)46-26-23-44(24-27-46,32-14-12-11-13-15-32)38(51)47-25-21-34-42(8,9)33(20-22-43(34,10)28-47)30-16-18-31(19-17-30)37(49)50/h11-21,29,35H,22-28H2,1-10H3,(H,45,52)(H,49,50)/t29-,35+,43-/m1/s1. The molecule has 1 aliphatic carbocycles. The zero-order valence-corrected chi connectivity index (χ0v) is 33.7. The lowest BCUT2D eigenvalue weighted by molar-refractivity contribution is -0.148. The van der Waals surface area contributed by atoms with Gasteiger partial charge in [-0.3, -0.25) is 9.59 Å². The van der Waals surface area contributed by atoms with E-state index in [4.69, 9.17) is 9.47 Å². The molecule has 10 heteroatoms. The number of carbonyl (C=O) groups is 4. The molecular weight excluding hydrogens is 682 g/mol. The summed E-state index contributed by atoms with van der Waals surface area (Å²) in [6.07, 6.45) is 4.75. The molecule has 2 aromatic carbocycles. The number of carboxylic acids is 1. The van der Waals surface area contributed by atoms with Gasteiger partial charge in [0.25, 0.3) is 0 Å². The van der Waals surface area contributed by atoms with Gasteiger partial charge < -0.3 is 29.7 Å². The predicted molar refractivity (Wildman–Crippen MR) is 210 cm³/mol. The van der Waals surface area contributed by atoms with E-state index in [1.165, 1.54) is 5.57 Å². The fourth-order valence-electron chi connectivity index (χ4n) is 8.79. The molecule has 3 amide bonds. The van der Waals surface area contributed by atoms with Crippen molar-refractivity contribution in [3.05, 3.63) is 89.0 Å². The summed E-state index contributed by atoms with van der Waals surface area (Å²) >= 11 is 0. The number of nitrogens with one attached hydrogen (secondary N) is 1. The Labute approximate surface area is 321 Å². The van der Waals surface area contributed by atoms with E-state index in [1.807, 2.05) is 68.1 Å². The minimum Gasteiger partial charge on any atom is -0.478 e. The van der Waals surface area contributed by atoms with Gasteiger partial charge in [-0.15, -0.1) is 0 Å². The van der Waals surface area contributed by atoms with E-state index < -0.39 is 40.8 Å². The highest BCUT2D eigenvalue weighted by atomic mass is 16.6. The molecule has 2 aromatic rings. The smallest absolute Gasteiger partial charge is 0.408 e. The molecule has 10 nitrogen and oxygen atoms in total. The molecule has 2 aliphatic heterocycles. The van der Waals surface area contributed by atoms with Crippen molar-refractivity contribution in [2.24, 2.45) is 10.8 Å². The number of hydrogen-bond acceptors (Lipinski definition) is 6.